The molecule has 1 atom stereocenters. The minimum Gasteiger partial charge on any atom is -0.480 e. The van der Waals surface area contributed by atoms with E-state index in [2.05, 4.69) is 31.9 Å². The number of carbonyl (C=O) groups excluding carboxylic acids is 1. The molecular weight excluding hydrogens is 366 g/mol. The molecule has 1 aliphatic rings. The van der Waals surface area contributed by atoms with Crippen molar-refractivity contribution in [3.8, 4) is 0 Å². The van der Waals surface area contributed by atoms with Gasteiger partial charge in [0, 0.05) is 21.1 Å². The van der Waals surface area contributed by atoms with E-state index in [-0.39, 0.29) is 5.91 Å². The lowest BCUT2D eigenvalue weighted by atomic mass is 10.1. The van der Waals surface area contributed by atoms with Crippen LogP contribution < -0.4 is 0 Å². The molecule has 96 valence electrons. The SMILES string of the molecule is O=C(O)[C@H]1CCCN1C(=O)c1cc(Br)cc(Br)c1. The quantitative estimate of drug-likeness (QED) is 0.863. The molecule has 0 unspecified atom stereocenters. The number of benzene rings is 1. The van der Waals surface area contributed by atoms with Gasteiger partial charge in [-0.05, 0) is 31.0 Å². The van der Waals surface area contributed by atoms with E-state index < -0.39 is 12.0 Å². The number of hydrogen-bond acceptors (Lipinski definition) is 2. The monoisotopic (exact) mass is 375 g/mol. The molecule has 0 aromatic heterocycles. The summed E-state index contributed by atoms with van der Waals surface area (Å²) in [5, 5.41) is 9.08. The first-order valence-corrected chi connectivity index (χ1v) is 7.07. The predicted molar refractivity (Wildman–Crippen MR) is 73.5 cm³/mol. The molecule has 1 saturated heterocycles. The number of likely N-dealkylation sites (tertiary alicyclic amines) is 1. The van der Waals surface area contributed by atoms with Crippen molar-refractivity contribution in [3.63, 3.8) is 0 Å². The molecule has 4 nitrogen and oxygen atoms in total. The molecule has 1 aliphatic heterocycles. The smallest absolute Gasteiger partial charge is 0.326 e. The molecule has 1 aromatic carbocycles. The van der Waals surface area contributed by atoms with Gasteiger partial charge in [0.2, 0.25) is 0 Å². The van der Waals surface area contributed by atoms with Gasteiger partial charge >= 0.3 is 5.97 Å². The molecule has 0 radical (unpaired) electrons. The van der Waals surface area contributed by atoms with Crippen molar-refractivity contribution in [2.75, 3.05) is 6.54 Å². The van der Waals surface area contributed by atoms with E-state index in [1.165, 1.54) is 4.90 Å². The predicted octanol–water partition coefficient (Wildman–Crippen LogP) is 2.90. The molecule has 1 heterocycles. The van der Waals surface area contributed by atoms with Gasteiger partial charge in [-0.25, -0.2) is 4.79 Å². The summed E-state index contributed by atoms with van der Waals surface area (Å²) in [6.45, 7) is 0.500. The Hall–Kier alpha value is -0.880. The van der Waals surface area contributed by atoms with Crippen LogP contribution in [0.5, 0.6) is 0 Å². The van der Waals surface area contributed by atoms with Gasteiger partial charge in [0.05, 0.1) is 0 Å². The summed E-state index contributed by atoms with van der Waals surface area (Å²) in [4.78, 5) is 24.8. The van der Waals surface area contributed by atoms with Crippen molar-refractivity contribution in [1.82, 2.24) is 4.90 Å². The Morgan fingerprint density at radius 3 is 2.39 bits per heavy atom. The fourth-order valence-electron chi connectivity index (χ4n) is 2.11. The van der Waals surface area contributed by atoms with E-state index in [1.54, 1.807) is 12.1 Å². The van der Waals surface area contributed by atoms with E-state index >= 15 is 0 Å². The third-order valence-corrected chi connectivity index (χ3v) is 3.82. The summed E-state index contributed by atoms with van der Waals surface area (Å²) >= 11 is 6.63. The number of amides is 1. The highest BCUT2D eigenvalue weighted by atomic mass is 79.9. The molecule has 0 aliphatic carbocycles. The first-order valence-electron chi connectivity index (χ1n) is 5.49. The van der Waals surface area contributed by atoms with E-state index in [0.29, 0.717) is 18.5 Å². The highest BCUT2D eigenvalue weighted by Crippen LogP contribution is 2.24. The van der Waals surface area contributed by atoms with Gasteiger partial charge in [0.25, 0.3) is 5.91 Å². The molecule has 0 saturated carbocycles. The second kappa shape index (κ2) is 5.40. The van der Waals surface area contributed by atoms with Crippen LogP contribution in [0.15, 0.2) is 27.1 Å². The molecule has 0 spiro atoms. The zero-order valence-corrected chi connectivity index (χ0v) is 12.6. The van der Waals surface area contributed by atoms with E-state index in [1.807, 2.05) is 6.07 Å². The second-order valence-electron chi connectivity index (χ2n) is 4.15. The molecule has 1 fully saturated rings. The third kappa shape index (κ3) is 2.75. The van der Waals surface area contributed by atoms with Gasteiger partial charge in [-0.2, -0.15) is 0 Å². The van der Waals surface area contributed by atoms with Crippen LogP contribution in [0, 0.1) is 0 Å². The van der Waals surface area contributed by atoms with Gasteiger partial charge in [-0.3, -0.25) is 4.79 Å². The van der Waals surface area contributed by atoms with Crippen LogP contribution in [0.25, 0.3) is 0 Å². The Kier molecular flexibility index (Phi) is 4.07. The van der Waals surface area contributed by atoms with Crippen molar-refractivity contribution < 1.29 is 14.7 Å². The molecule has 0 bridgehead atoms. The molecule has 1 amide bonds. The summed E-state index contributed by atoms with van der Waals surface area (Å²) in [5.74, 6) is -1.17. The van der Waals surface area contributed by atoms with Gasteiger partial charge in [-0.15, -0.1) is 0 Å². The van der Waals surface area contributed by atoms with Crippen LogP contribution in [-0.2, 0) is 4.79 Å². The van der Waals surface area contributed by atoms with Crippen molar-refractivity contribution in [3.05, 3.63) is 32.7 Å². The first kappa shape index (κ1) is 13.5. The lowest BCUT2D eigenvalue weighted by molar-refractivity contribution is -0.141. The number of rotatable bonds is 2. The zero-order chi connectivity index (χ0) is 13.3. The molecule has 1 N–H and O–H groups in total. The van der Waals surface area contributed by atoms with E-state index in [9.17, 15) is 9.59 Å². The van der Waals surface area contributed by atoms with Crippen molar-refractivity contribution in [2.24, 2.45) is 0 Å². The summed E-state index contributed by atoms with van der Waals surface area (Å²) in [7, 11) is 0. The molecular formula is C12H11Br2NO3. The van der Waals surface area contributed by atoms with Crippen molar-refractivity contribution >= 4 is 43.7 Å². The van der Waals surface area contributed by atoms with Crippen LogP contribution >= 0.6 is 31.9 Å². The minimum atomic E-state index is -0.935. The average Bonchev–Trinajstić information content (AvgIpc) is 2.75. The number of carbonyl (C=O) groups is 2. The Labute approximate surface area is 121 Å². The summed E-state index contributed by atoms with van der Waals surface area (Å²) in [5.41, 5.74) is 0.490. The summed E-state index contributed by atoms with van der Waals surface area (Å²) < 4.78 is 1.57. The number of carboxylic acids is 1. The Balaban J connectivity index is 2.28. The van der Waals surface area contributed by atoms with Gasteiger partial charge < -0.3 is 10.0 Å². The maximum Gasteiger partial charge on any atom is 0.326 e. The fourth-order valence-corrected chi connectivity index (χ4v) is 3.40. The highest BCUT2D eigenvalue weighted by molar-refractivity contribution is 9.11. The van der Waals surface area contributed by atoms with Crippen LogP contribution in [0.2, 0.25) is 0 Å². The minimum absolute atomic E-state index is 0.234. The Morgan fingerprint density at radius 1 is 1.22 bits per heavy atom. The second-order valence-corrected chi connectivity index (χ2v) is 5.98. The van der Waals surface area contributed by atoms with Gasteiger partial charge in [0.1, 0.15) is 6.04 Å². The number of aliphatic carboxylic acids is 1. The van der Waals surface area contributed by atoms with E-state index in [4.69, 9.17) is 5.11 Å². The topological polar surface area (TPSA) is 57.6 Å². The number of carboxylic acid groups (broad SMARTS) is 1. The highest BCUT2D eigenvalue weighted by Gasteiger charge is 2.34. The molecule has 1 aromatic rings. The maximum absolute atomic E-state index is 12.3. The van der Waals surface area contributed by atoms with E-state index in [0.717, 1.165) is 15.4 Å². The fraction of sp³-hybridized carbons (Fsp3) is 0.333. The lowest BCUT2D eigenvalue weighted by Crippen LogP contribution is -2.40. The Morgan fingerprint density at radius 2 is 1.83 bits per heavy atom. The van der Waals surface area contributed by atoms with Crippen LogP contribution in [-0.4, -0.2) is 34.5 Å². The third-order valence-electron chi connectivity index (χ3n) is 2.91. The first-order chi connectivity index (χ1) is 8.49. The number of hydrogen-bond donors (Lipinski definition) is 1. The van der Waals surface area contributed by atoms with Crippen molar-refractivity contribution in [2.45, 2.75) is 18.9 Å². The molecule has 6 heteroatoms. The Bertz CT molecular complexity index is 484. The summed E-state index contributed by atoms with van der Waals surface area (Å²) in [6.07, 6.45) is 1.26. The normalized spacial score (nSPS) is 19.0. The zero-order valence-electron chi connectivity index (χ0n) is 9.40. The largest absolute Gasteiger partial charge is 0.480 e. The van der Waals surface area contributed by atoms with Crippen molar-refractivity contribution in [1.29, 1.82) is 0 Å². The number of halogens is 2. The van der Waals surface area contributed by atoms with Crippen LogP contribution in [0.4, 0.5) is 0 Å². The maximum atomic E-state index is 12.3. The summed E-state index contributed by atoms with van der Waals surface area (Å²) in [6, 6.07) is 4.53. The van der Waals surface area contributed by atoms with Gasteiger partial charge in [-0.1, -0.05) is 31.9 Å². The number of nitrogens with zero attached hydrogens (tertiary/aromatic N) is 1. The molecule has 18 heavy (non-hydrogen) atoms. The van der Waals surface area contributed by atoms with Crippen LogP contribution in [0.3, 0.4) is 0 Å². The van der Waals surface area contributed by atoms with Crippen LogP contribution in [0.1, 0.15) is 23.2 Å². The standard InChI is InChI=1S/C12H11Br2NO3/c13-8-4-7(5-9(14)6-8)11(16)15-3-1-2-10(15)12(17)18/h4-6,10H,1-3H2,(H,17,18)/t10-/m1/s1. The lowest BCUT2D eigenvalue weighted by Gasteiger charge is -2.21. The molecule has 2 rings (SSSR count). The van der Waals surface area contributed by atoms with Gasteiger partial charge in [0.15, 0.2) is 0 Å². The average molecular weight is 377 g/mol.